The van der Waals surface area contributed by atoms with Gasteiger partial charge in [0, 0.05) is 37.4 Å². The summed E-state index contributed by atoms with van der Waals surface area (Å²) < 4.78 is 8.94. The molecule has 1 aliphatic carbocycles. The number of aromatic nitrogens is 4. The van der Waals surface area contributed by atoms with Crippen LogP contribution in [-0.2, 0) is 17.8 Å². The van der Waals surface area contributed by atoms with Gasteiger partial charge in [-0.1, -0.05) is 6.07 Å². The number of aryl methyl sites for hydroxylation is 1. The SMILES string of the molecule is COCCn1c(Cn2cccc(C)c2=O)nnc1C1CC(N)C1. The summed E-state index contributed by atoms with van der Waals surface area (Å²) in [6, 6.07) is 3.95. The maximum Gasteiger partial charge on any atom is 0.253 e. The minimum absolute atomic E-state index is 0.000933. The van der Waals surface area contributed by atoms with Crippen molar-refractivity contribution < 1.29 is 4.74 Å². The van der Waals surface area contributed by atoms with Crippen LogP contribution in [-0.4, -0.2) is 39.1 Å². The Bertz CT molecular complexity index is 730. The van der Waals surface area contributed by atoms with E-state index in [1.165, 1.54) is 0 Å². The molecule has 7 nitrogen and oxygen atoms in total. The van der Waals surface area contributed by atoms with E-state index in [9.17, 15) is 4.79 Å². The minimum atomic E-state index is 0.000933. The molecule has 0 radical (unpaired) electrons. The fourth-order valence-electron chi connectivity index (χ4n) is 3.00. The highest BCUT2D eigenvalue weighted by molar-refractivity contribution is 5.11. The molecule has 0 atom stereocenters. The number of pyridine rings is 1. The van der Waals surface area contributed by atoms with E-state index >= 15 is 0 Å². The quantitative estimate of drug-likeness (QED) is 0.845. The lowest BCUT2D eigenvalue weighted by molar-refractivity contribution is 0.183. The third kappa shape index (κ3) is 3.20. The first kappa shape index (κ1) is 15.9. The average Bonchev–Trinajstić information content (AvgIpc) is 2.89. The fourth-order valence-corrected chi connectivity index (χ4v) is 3.00. The molecule has 2 heterocycles. The molecule has 0 spiro atoms. The molecule has 1 saturated carbocycles. The van der Waals surface area contributed by atoms with Gasteiger partial charge in [0.2, 0.25) is 0 Å². The number of nitrogens with zero attached hydrogens (tertiary/aromatic N) is 4. The van der Waals surface area contributed by atoms with Crippen molar-refractivity contribution in [3.05, 3.63) is 45.9 Å². The smallest absolute Gasteiger partial charge is 0.253 e. The molecule has 0 bridgehead atoms. The molecule has 1 fully saturated rings. The molecule has 1 aliphatic rings. The van der Waals surface area contributed by atoms with Crippen LogP contribution in [0.1, 0.15) is 36.0 Å². The van der Waals surface area contributed by atoms with Gasteiger partial charge in [0.05, 0.1) is 13.2 Å². The van der Waals surface area contributed by atoms with Crippen molar-refractivity contribution in [3.8, 4) is 0 Å². The van der Waals surface area contributed by atoms with Crippen LogP contribution in [0.5, 0.6) is 0 Å². The van der Waals surface area contributed by atoms with Crippen molar-refractivity contribution >= 4 is 0 Å². The lowest BCUT2D eigenvalue weighted by atomic mass is 9.80. The number of rotatable bonds is 6. The first-order chi connectivity index (χ1) is 11.1. The first-order valence-electron chi connectivity index (χ1n) is 7.92. The van der Waals surface area contributed by atoms with Crippen molar-refractivity contribution in [2.45, 2.75) is 44.8 Å². The molecule has 2 N–H and O–H groups in total. The number of hydrogen-bond acceptors (Lipinski definition) is 5. The normalized spacial score (nSPS) is 20.5. The predicted octanol–water partition coefficient (Wildman–Crippen LogP) is 0.648. The molecule has 3 rings (SSSR count). The largest absolute Gasteiger partial charge is 0.383 e. The van der Waals surface area contributed by atoms with Gasteiger partial charge < -0.3 is 19.6 Å². The van der Waals surface area contributed by atoms with Crippen molar-refractivity contribution in [1.82, 2.24) is 19.3 Å². The van der Waals surface area contributed by atoms with Crippen LogP contribution in [0.15, 0.2) is 23.1 Å². The monoisotopic (exact) mass is 317 g/mol. The molecule has 0 saturated heterocycles. The highest BCUT2D eigenvalue weighted by Gasteiger charge is 2.32. The van der Waals surface area contributed by atoms with Crippen molar-refractivity contribution in [2.24, 2.45) is 5.73 Å². The average molecular weight is 317 g/mol. The van der Waals surface area contributed by atoms with Gasteiger partial charge >= 0.3 is 0 Å². The highest BCUT2D eigenvalue weighted by Crippen LogP contribution is 2.34. The van der Waals surface area contributed by atoms with Crippen LogP contribution >= 0.6 is 0 Å². The highest BCUT2D eigenvalue weighted by atomic mass is 16.5. The Morgan fingerprint density at radius 3 is 2.87 bits per heavy atom. The number of ether oxygens (including phenoxy) is 1. The Morgan fingerprint density at radius 2 is 2.17 bits per heavy atom. The van der Waals surface area contributed by atoms with Gasteiger partial charge in [-0.15, -0.1) is 10.2 Å². The van der Waals surface area contributed by atoms with Crippen LogP contribution < -0.4 is 11.3 Å². The van der Waals surface area contributed by atoms with E-state index in [1.54, 1.807) is 17.9 Å². The van der Waals surface area contributed by atoms with E-state index in [1.807, 2.05) is 19.1 Å². The Kier molecular flexibility index (Phi) is 4.58. The molecule has 0 amide bonds. The Balaban J connectivity index is 1.89. The molecule has 0 aliphatic heterocycles. The van der Waals surface area contributed by atoms with Crippen LogP contribution in [0, 0.1) is 6.92 Å². The summed E-state index contributed by atoms with van der Waals surface area (Å²) in [5.41, 5.74) is 6.62. The summed E-state index contributed by atoms with van der Waals surface area (Å²) in [7, 11) is 1.67. The molecular formula is C16H23N5O2. The topological polar surface area (TPSA) is 88.0 Å². The Morgan fingerprint density at radius 1 is 1.39 bits per heavy atom. The molecule has 124 valence electrons. The summed E-state index contributed by atoms with van der Waals surface area (Å²) in [6.45, 7) is 3.49. The van der Waals surface area contributed by atoms with Crippen LogP contribution in [0.3, 0.4) is 0 Å². The van der Waals surface area contributed by atoms with Crippen molar-refractivity contribution in [3.63, 3.8) is 0 Å². The molecule has 23 heavy (non-hydrogen) atoms. The Labute approximate surface area is 135 Å². The van der Waals surface area contributed by atoms with E-state index in [0.717, 1.165) is 30.1 Å². The van der Waals surface area contributed by atoms with E-state index in [-0.39, 0.29) is 11.6 Å². The van der Waals surface area contributed by atoms with E-state index in [0.29, 0.717) is 25.6 Å². The van der Waals surface area contributed by atoms with Crippen molar-refractivity contribution in [1.29, 1.82) is 0 Å². The molecule has 7 heteroatoms. The van der Waals surface area contributed by atoms with Crippen LogP contribution in [0.4, 0.5) is 0 Å². The zero-order chi connectivity index (χ0) is 16.4. The summed E-state index contributed by atoms with van der Waals surface area (Å²) >= 11 is 0. The van der Waals surface area contributed by atoms with Gasteiger partial charge in [0.15, 0.2) is 5.82 Å². The molecule has 2 aromatic heterocycles. The summed E-state index contributed by atoms with van der Waals surface area (Å²) in [5.74, 6) is 2.10. The Hall–Kier alpha value is -1.99. The molecule has 0 unspecified atom stereocenters. The third-order valence-corrected chi connectivity index (χ3v) is 4.44. The maximum atomic E-state index is 12.2. The van der Waals surface area contributed by atoms with Gasteiger partial charge in [-0.25, -0.2) is 0 Å². The zero-order valence-corrected chi connectivity index (χ0v) is 13.6. The van der Waals surface area contributed by atoms with Gasteiger partial charge in [0.1, 0.15) is 5.82 Å². The van der Waals surface area contributed by atoms with Gasteiger partial charge in [-0.05, 0) is 25.8 Å². The van der Waals surface area contributed by atoms with Crippen molar-refractivity contribution in [2.75, 3.05) is 13.7 Å². The minimum Gasteiger partial charge on any atom is -0.383 e. The number of hydrogen-bond donors (Lipinski definition) is 1. The third-order valence-electron chi connectivity index (χ3n) is 4.44. The molecule has 0 aromatic carbocycles. The van der Waals surface area contributed by atoms with E-state index in [2.05, 4.69) is 14.8 Å². The second-order valence-electron chi connectivity index (χ2n) is 6.17. The second-order valence-corrected chi connectivity index (χ2v) is 6.17. The van der Waals surface area contributed by atoms with Crippen LogP contribution in [0.25, 0.3) is 0 Å². The van der Waals surface area contributed by atoms with Crippen LogP contribution in [0.2, 0.25) is 0 Å². The second kappa shape index (κ2) is 6.64. The van der Waals surface area contributed by atoms with Gasteiger partial charge in [-0.3, -0.25) is 4.79 Å². The number of nitrogens with two attached hydrogens (primary N) is 1. The lowest BCUT2D eigenvalue weighted by Gasteiger charge is -2.31. The predicted molar refractivity (Wildman–Crippen MR) is 86.4 cm³/mol. The fraction of sp³-hybridized carbons (Fsp3) is 0.562. The lowest BCUT2D eigenvalue weighted by Crippen LogP contribution is -2.36. The summed E-state index contributed by atoms with van der Waals surface area (Å²) in [5, 5.41) is 8.68. The van der Waals surface area contributed by atoms with Gasteiger partial charge in [-0.2, -0.15) is 0 Å². The van der Waals surface area contributed by atoms with E-state index in [4.69, 9.17) is 10.5 Å². The van der Waals surface area contributed by atoms with E-state index < -0.39 is 0 Å². The summed E-state index contributed by atoms with van der Waals surface area (Å²) in [4.78, 5) is 12.2. The maximum absolute atomic E-state index is 12.2. The molecular weight excluding hydrogens is 294 g/mol. The van der Waals surface area contributed by atoms with Gasteiger partial charge in [0.25, 0.3) is 5.56 Å². The standard InChI is InChI=1S/C16H23N5O2/c1-11-4-3-5-20(16(11)22)10-14-18-19-15(12-8-13(17)9-12)21(14)6-7-23-2/h3-5,12-13H,6-10,17H2,1-2H3. The number of methoxy groups -OCH3 is 1. The summed E-state index contributed by atoms with van der Waals surface area (Å²) in [6.07, 6.45) is 3.66. The molecule has 2 aromatic rings. The zero-order valence-electron chi connectivity index (χ0n) is 13.6. The first-order valence-corrected chi connectivity index (χ1v) is 7.92.